The summed E-state index contributed by atoms with van der Waals surface area (Å²) >= 11 is 0. The van der Waals surface area contributed by atoms with E-state index in [-0.39, 0.29) is 11.7 Å². The molecule has 3 N–H and O–H groups in total. The highest BCUT2D eigenvalue weighted by molar-refractivity contribution is 5.95. The maximum atomic E-state index is 13.2. The van der Waals surface area contributed by atoms with Crippen molar-refractivity contribution >= 4 is 17.2 Å². The molecule has 1 fully saturated rings. The van der Waals surface area contributed by atoms with Gasteiger partial charge in [0.05, 0.1) is 36.7 Å². The van der Waals surface area contributed by atoms with E-state index in [1.54, 1.807) is 36.4 Å². The van der Waals surface area contributed by atoms with Crippen LogP contribution in [0.15, 0.2) is 83.1 Å². The van der Waals surface area contributed by atoms with E-state index in [9.17, 15) is 4.39 Å². The zero-order valence-electron chi connectivity index (χ0n) is 19.3. The SMILES string of the molecule is N=C(N)c1ccc(N=NN(CCN2CCOCC2)c2ccccc2C#Cc2ccc(F)cc2)cc1. The monoisotopic (exact) mass is 470 g/mol. The number of rotatable bonds is 7. The van der Waals surface area contributed by atoms with E-state index in [4.69, 9.17) is 15.9 Å². The number of ether oxygens (including phenoxy) is 1. The maximum Gasteiger partial charge on any atom is 0.123 e. The van der Waals surface area contributed by atoms with Crippen molar-refractivity contribution in [3.8, 4) is 11.8 Å². The Morgan fingerprint density at radius 1 is 1.00 bits per heavy atom. The Morgan fingerprint density at radius 2 is 1.71 bits per heavy atom. The first-order chi connectivity index (χ1) is 17.1. The Balaban J connectivity index is 1.60. The minimum atomic E-state index is -0.290. The van der Waals surface area contributed by atoms with Crippen molar-refractivity contribution in [3.63, 3.8) is 0 Å². The molecule has 0 atom stereocenters. The molecule has 4 rings (SSSR count). The fourth-order valence-electron chi connectivity index (χ4n) is 3.56. The van der Waals surface area contributed by atoms with Crippen molar-refractivity contribution < 1.29 is 9.13 Å². The number of anilines is 1. The van der Waals surface area contributed by atoms with Gasteiger partial charge in [0.25, 0.3) is 0 Å². The van der Waals surface area contributed by atoms with Gasteiger partial charge in [0.15, 0.2) is 0 Å². The van der Waals surface area contributed by atoms with Crippen LogP contribution in [0.5, 0.6) is 0 Å². The van der Waals surface area contributed by atoms with Crippen LogP contribution in [0.25, 0.3) is 0 Å². The predicted octanol–water partition coefficient (Wildman–Crippen LogP) is 4.35. The third-order valence-electron chi connectivity index (χ3n) is 5.55. The van der Waals surface area contributed by atoms with E-state index in [0.717, 1.165) is 49.7 Å². The molecule has 0 spiro atoms. The quantitative estimate of drug-likeness (QED) is 0.177. The second-order valence-electron chi connectivity index (χ2n) is 8.00. The second kappa shape index (κ2) is 11.9. The van der Waals surface area contributed by atoms with E-state index < -0.39 is 0 Å². The molecule has 1 aliphatic heterocycles. The first kappa shape index (κ1) is 24.1. The summed E-state index contributed by atoms with van der Waals surface area (Å²) in [6, 6.07) is 20.9. The summed E-state index contributed by atoms with van der Waals surface area (Å²) in [7, 11) is 0. The molecule has 0 aromatic heterocycles. The average Bonchev–Trinajstić information content (AvgIpc) is 2.89. The van der Waals surface area contributed by atoms with Gasteiger partial charge < -0.3 is 10.5 Å². The number of benzene rings is 3. The zero-order valence-corrected chi connectivity index (χ0v) is 19.3. The van der Waals surface area contributed by atoms with E-state index in [2.05, 4.69) is 27.1 Å². The maximum absolute atomic E-state index is 13.2. The van der Waals surface area contributed by atoms with Gasteiger partial charge in [-0.25, -0.2) is 9.40 Å². The Bertz CT molecular complexity index is 1230. The number of nitrogens with zero attached hydrogens (tertiary/aromatic N) is 4. The van der Waals surface area contributed by atoms with Gasteiger partial charge in [-0.1, -0.05) is 29.2 Å². The Kier molecular flexibility index (Phi) is 8.17. The number of halogens is 1. The van der Waals surface area contributed by atoms with Crippen molar-refractivity contribution in [1.82, 2.24) is 4.90 Å². The van der Waals surface area contributed by atoms with Gasteiger partial charge in [-0.05, 0) is 60.7 Å². The summed E-state index contributed by atoms with van der Waals surface area (Å²) in [6.07, 6.45) is 0. The summed E-state index contributed by atoms with van der Waals surface area (Å²) in [5.74, 6) is 6.02. The third kappa shape index (κ3) is 6.96. The van der Waals surface area contributed by atoms with Crippen LogP contribution in [0.2, 0.25) is 0 Å². The molecule has 0 unspecified atom stereocenters. The van der Waals surface area contributed by atoms with E-state index in [1.165, 1.54) is 12.1 Å². The Morgan fingerprint density at radius 3 is 2.43 bits per heavy atom. The number of hydrogen-bond acceptors (Lipinski definition) is 5. The minimum Gasteiger partial charge on any atom is -0.384 e. The fraction of sp³-hybridized carbons (Fsp3) is 0.222. The van der Waals surface area contributed by atoms with Crippen LogP contribution in [0.3, 0.4) is 0 Å². The van der Waals surface area contributed by atoms with Crippen LogP contribution >= 0.6 is 0 Å². The standard InChI is InChI=1S/C27H27FN6O/c28-24-11-6-21(7-12-24)5-8-22-3-1-2-4-26(22)34(16-15-33-17-19-35-20-18-33)32-31-25-13-9-23(10-14-25)27(29)30/h1-4,6-7,9-14H,15-20H2,(H3,29,30). The second-order valence-corrected chi connectivity index (χ2v) is 8.00. The normalized spacial score (nSPS) is 13.9. The lowest BCUT2D eigenvalue weighted by atomic mass is 10.1. The van der Waals surface area contributed by atoms with Gasteiger partial charge in [-0.2, -0.15) is 0 Å². The van der Waals surface area contributed by atoms with Crippen LogP contribution in [-0.4, -0.2) is 50.1 Å². The fourth-order valence-corrected chi connectivity index (χ4v) is 3.56. The van der Waals surface area contributed by atoms with Crippen LogP contribution in [0.4, 0.5) is 15.8 Å². The molecule has 7 nitrogen and oxygen atoms in total. The molecule has 0 aliphatic carbocycles. The summed E-state index contributed by atoms with van der Waals surface area (Å²) in [5, 5.41) is 18.4. The van der Waals surface area contributed by atoms with Gasteiger partial charge in [0.2, 0.25) is 0 Å². The minimum absolute atomic E-state index is 0.00860. The smallest absolute Gasteiger partial charge is 0.123 e. The van der Waals surface area contributed by atoms with Gasteiger partial charge in [0, 0.05) is 30.8 Å². The lowest BCUT2D eigenvalue weighted by Gasteiger charge is -2.28. The van der Waals surface area contributed by atoms with Crippen molar-refractivity contribution in [3.05, 3.63) is 95.3 Å². The Labute approximate surface area is 204 Å². The number of para-hydroxylation sites is 1. The zero-order chi connectivity index (χ0) is 24.5. The van der Waals surface area contributed by atoms with Gasteiger partial charge in [0.1, 0.15) is 11.7 Å². The van der Waals surface area contributed by atoms with E-state index in [0.29, 0.717) is 17.8 Å². The van der Waals surface area contributed by atoms with Crippen molar-refractivity contribution in [1.29, 1.82) is 5.41 Å². The van der Waals surface area contributed by atoms with Gasteiger partial charge in [-0.3, -0.25) is 10.3 Å². The highest BCUT2D eigenvalue weighted by atomic mass is 19.1. The van der Waals surface area contributed by atoms with Crippen LogP contribution in [0, 0.1) is 23.1 Å². The molecule has 35 heavy (non-hydrogen) atoms. The first-order valence-electron chi connectivity index (χ1n) is 11.4. The topological polar surface area (TPSA) is 90.3 Å². The Hall–Kier alpha value is -4.06. The van der Waals surface area contributed by atoms with Crippen molar-refractivity contribution in [2.45, 2.75) is 0 Å². The lowest BCUT2D eigenvalue weighted by molar-refractivity contribution is 0.0391. The molecule has 1 saturated heterocycles. The lowest BCUT2D eigenvalue weighted by Crippen LogP contribution is -2.40. The number of nitrogens with one attached hydrogen (secondary N) is 1. The summed E-state index contributed by atoms with van der Waals surface area (Å²) in [6.45, 7) is 4.62. The van der Waals surface area contributed by atoms with Crippen LogP contribution in [0.1, 0.15) is 16.7 Å². The number of nitrogen functional groups attached to an aromatic ring is 1. The number of amidine groups is 1. The van der Waals surface area contributed by atoms with E-state index in [1.807, 2.05) is 29.3 Å². The van der Waals surface area contributed by atoms with E-state index >= 15 is 0 Å². The molecule has 0 bridgehead atoms. The van der Waals surface area contributed by atoms with Gasteiger partial charge in [-0.15, -0.1) is 5.11 Å². The predicted molar refractivity (Wildman–Crippen MR) is 135 cm³/mol. The molecular formula is C27H27FN6O. The molecule has 0 amide bonds. The van der Waals surface area contributed by atoms with Crippen LogP contribution < -0.4 is 10.7 Å². The van der Waals surface area contributed by atoms with Crippen molar-refractivity contribution in [2.75, 3.05) is 44.4 Å². The molecule has 3 aromatic carbocycles. The number of nitrogens with two attached hydrogens (primary N) is 1. The molecule has 0 saturated carbocycles. The largest absolute Gasteiger partial charge is 0.384 e. The average molecular weight is 471 g/mol. The number of morpholine rings is 1. The van der Waals surface area contributed by atoms with Gasteiger partial charge >= 0.3 is 0 Å². The third-order valence-corrected chi connectivity index (χ3v) is 5.55. The summed E-state index contributed by atoms with van der Waals surface area (Å²) < 4.78 is 18.7. The van der Waals surface area contributed by atoms with Crippen LogP contribution in [-0.2, 0) is 4.74 Å². The summed E-state index contributed by atoms with van der Waals surface area (Å²) in [4.78, 5) is 2.33. The summed E-state index contributed by atoms with van der Waals surface area (Å²) in [5.41, 5.74) is 9.19. The highest BCUT2D eigenvalue weighted by Crippen LogP contribution is 2.22. The highest BCUT2D eigenvalue weighted by Gasteiger charge is 2.15. The molecule has 1 aliphatic rings. The van der Waals surface area contributed by atoms with Crippen molar-refractivity contribution in [2.24, 2.45) is 16.1 Å². The molecule has 0 radical (unpaired) electrons. The molecule has 1 heterocycles. The molecule has 178 valence electrons. The number of hydrogen-bond donors (Lipinski definition) is 2. The molecule has 8 heteroatoms. The molecular weight excluding hydrogens is 443 g/mol. The molecule has 3 aromatic rings. The first-order valence-corrected chi connectivity index (χ1v) is 11.4.